The number of carbonyl (C=O) groups is 1. The molecule has 17 heavy (non-hydrogen) atoms. The second-order valence-electron chi connectivity index (χ2n) is 3.46. The van der Waals surface area contributed by atoms with E-state index in [4.69, 9.17) is 10.8 Å². The first-order valence-electron chi connectivity index (χ1n) is 5.01. The van der Waals surface area contributed by atoms with Crippen molar-refractivity contribution in [3.05, 3.63) is 23.8 Å². The van der Waals surface area contributed by atoms with Gasteiger partial charge in [-0.05, 0) is 24.6 Å². The summed E-state index contributed by atoms with van der Waals surface area (Å²) in [6, 6.07) is 3.67. The fourth-order valence-electron chi connectivity index (χ4n) is 1.25. The van der Waals surface area contributed by atoms with Crippen LogP contribution in [0.25, 0.3) is 0 Å². The maximum atomic E-state index is 11.8. The van der Waals surface area contributed by atoms with Gasteiger partial charge in [0.15, 0.2) is 0 Å². The van der Waals surface area contributed by atoms with Crippen LogP contribution in [-0.4, -0.2) is 26.0 Å². The summed E-state index contributed by atoms with van der Waals surface area (Å²) in [5.74, 6) is -1.30. The van der Waals surface area contributed by atoms with Crippen LogP contribution in [-0.2, 0) is 10.0 Å². The van der Waals surface area contributed by atoms with Gasteiger partial charge in [-0.25, -0.2) is 17.9 Å². The number of hydrogen-bond acceptors (Lipinski definition) is 4. The van der Waals surface area contributed by atoms with Crippen LogP contribution in [0.3, 0.4) is 0 Å². The highest BCUT2D eigenvalue weighted by Crippen LogP contribution is 2.19. The number of hydrogen-bond donors (Lipinski definition) is 3. The summed E-state index contributed by atoms with van der Waals surface area (Å²) in [6.45, 7) is 2.05. The molecule has 0 heterocycles. The molecule has 1 aromatic rings. The van der Waals surface area contributed by atoms with Crippen LogP contribution >= 0.6 is 0 Å². The molecule has 0 bridgehead atoms. The molecule has 0 aliphatic rings. The molecule has 0 saturated carbocycles. The van der Waals surface area contributed by atoms with Crippen LogP contribution in [0.15, 0.2) is 23.1 Å². The van der Waals surface area contributed by atoms with Gasteiger partial charge < -0.3 is 10.8 Å². The van der Waals surface area contributed by atoms with E-state index in [2.05, 4.69) is 4.72 Å². The average molecular weight is 258 g/mol. The highest BCUT2D eigenvalue weighted by molar-refractivity contribution is 7.89. The Morgan fingerprint density at radius 1 is 1.47 bits per heavy atom. The molecule has 6 nitrogen and oxygen atoms in total. The second kappa shape index (κ2) is 5.15. The molecule has 0 amide bonds. The minimum Gasteiger partial charge on any atom is -0.478 e. The van der Waals surface area contributed by atoms with Crippen molar-refractivity contribution in [3.8, 4) is 0 Å². The fourth-order valence-corrected chi connectivity index (χ4v) is 2.62. The van der Waals surface area contributed by atoms with Crippen molar-refractivity contribution < 1.29 is 18.3 Å². The van der Waals surface area contributed by atoms with Crippen molar-refractivity contribution in [1.29, 1.82) is 0 Å². The summed E-state index contributed by atoms with van der Waals surface area (Å²) in [7, 11) is -3.83. The third-order valence-electron chi connectivity index (χ3n) is 2.07. The lowest BCUT2D eigenvalue weighted by atomic mass is 10.2. The lowest BCUT2D eigenvalue weighted by molar-refractivity contribution is 0.0692. The van der Waals surface area contributed by atoms with E-state index in [1.807, 2.05) is 0 Å². The van der Waals surface area contributed by atoms with Gasteiger partial charge in [0.1, 0.15) is 0 Å². The van der Waals surface area contributed by atoms with E-state index in [9.17, 15) is 13.2 Å². The molecule has 94 valence electrons. The first kappa shape index (κ1) is 13.5. The summed E-state index contributed by atoms with van der Waals surface area (Å²) < 4.78 is 26.0. The first-order valence-corrected chi connectivity index (χ1v) is 6.49. The molecule has 0 fully saturated rings. The van der Waals surface area contributed by atoms with Crippen molar-refractivity contribution in [1.82, 2.24) is 4.72 Å². The number of carboxylic acids is 1. The number of nitrogens with two attached hydrogens (primary N) is 1. The van der Waals surface area contributed by atoms with E-state index in [1.54, 1.807) is 6.92 Å². The van der Waals surface area contributed by atoms with Gasteiger partial charge >= 0.3 is 5.97 Å². The largest absolute Gasteiger partial charge is 0.478 e. The maximum absolute atomic E-state index is 11.8. The summed E-state index contributed by atoms with van der Waals surface area (Å²) >= 11 is 0. The predicted octanol–water partition coefficient (Wildman–Crippen LogP) is 0.655. The smallest absolute Gasteiger partial charge is 0.337 e. The second-order valence-corrected chi connectivity index (χ2v) is 5.19. The van der Waals surface area contributed by atoms with E-state index in [1.165, 1.54) is 12.1 Å². The number of anilines is 1. The minimum atomic E-state index is -3.83. The SMILES string of the molecule is CCCNS(=O)(=O)c1cc(N)ccc1C(=O)O. The lowest BCUT2D eigenvalue weighted by Gasteiger charge is -2.09. The molecule has 0 radical (unpaired) electrons. The predicted molar refractivity (Wildman–Crippen MR) is 63.3 cm³/mol. The van der Waals surface area contributed by atoms with Gasteiger partial charge in [0.2, 0.25) is 10.0 Å². The van der Waals surface area contributed by atoms with Crippen LogP contribution in [0.1, 0.15) is 23.7 Å². The number of rotatable bonds is 5. The molecule has 7 heteroatoms. The topological polar surface area (TPSA) is 109 Å². The number of benzene rings is 1. The van der Waals surface area contributed by atoms with Crippen LogP contribution in [0.4, 0.5) is 5.69 Å². The number of sulfonamides is 1. The molecular formula is C10H14N2O4S. The molecule has 1 aromatic carbocycles. The van der Waals surface area contributed by atoms with Crippen molar-refractivity contribution in [2.24, 2.45) is 0 Å². The van der Waals surface area contributed by atoms with E-state index in [0.717, 1.165) is 6.07 Å². The fraction of sp³-hybridized carbons (Fsp3) is 0.300. The third kappa shape index (κ3) is 3.18. The van der Waals surface area contributed by atoms with Gasteiger partial charge in [0.25, 0.3) is 0 Å². The normalized spacial score (nSPS) is 11.4. The zero-order valence-electron chi connectivity index (χ0n) is 9.30. The molecule has 0 atom stereocenters. The van der Waals surface area contributed by atoms with E-state index in [-0.39, 0.29) is 22.7 Å². The zero-order valence-corrected chi connectivity index (χ0v) is 10.1. The standard InChI is InChI=1S/C10H14N2O4S/c1-2-5-12-17(15,16)9-6-7(11)3-4-8(9)10(13)14/h3-4,6,12H,2,5,11H2,1H3,(H,13,14). The van der Waals surface area contributed by atoms with Crippen LogP contribution in [0.2, 0.25) is 0 Å². The average Bonchev–Trinajstić information content (AvgIpc) is 2.26. The molecular weight excluding hydrogens is 244 g/mol. The molecule has 0 saturated heterocycles. The molecule has 0 unspecified atom stereocenters. The Hall–Kier alpha value is -1.60. The summed E-state index contributed by atoms with van der Waals surface area (Å²) in [5.41, 5.74) is 5.38. The highest BCUT2D eigenvalue weighted by atomic mass is 32.2. The summed E-state index contributed by atoms with van der Waals surface area (Å²) in [4.78, 5) is 10.6. The first-order chi connectivity index (χ1) is 7.88. The third-order valence-corrected chi connectivity index (χ3v) is 3.57. The van der Waals surface area contributed by atoms with Gasteiger partial charge in [-0.1, -0.05) is 6.92 Å². The van der Waals surface area contributed by atoms with Crippen LogP contribution in [0, 0.1) is 0 Å². The van der Waals surface area contributed by atoms with Gasteiger partial charge in [0.05, 0.1) is 10.5 Å². The summed E-state index contributed by atoms with van der Waals surface area (Å²) in [6.07, 6.45) is 0.615. The molecule has 0 aromatic heterocycles. The number of nitrogen functional groups attached to an aromatic ring is 1. The zero-order chi connectivity index (χ0) is 13.1. The van der Waals surface area contributed by atoms with Gasteiger partial charge in [0, 0.05) is 12.2 Å². The van der Waals surface area contributed by atoms with Crippen LogP contribution in [0.5, 0.6) is 0 Å². The van der Waals surface area contributed by atoms with Crippen molar-refractivity contribution in [2.45, 2.75) is 18.2 Å². The molecule has 4 N–H and O–H groups in total. The van der Waals surface area contributed by atoms with Crippen LogP contribution < -0.4 is 10.5 Å². The monoisotopic (exact) mass is 258 g/mol. The van der Waals surface area contributed by atoms with E-state index in [0.29, 0.717) is 6.42 Å². The van der Waals surface area contributed by atoms with Crippen molar-refractivity contribution >= 4 is 21.7 Å². The molecule has 1 rings (SSSR count). The Kier molecular flexibility index (Phi) is 4.08. The lowest BCUT2D eigenvalue weighted by Crippen LogP contribution is -2.26. The van der Waals surface area contributed by atoms with Crippen molar-refractivity contribution in [3.63, 3.8) is 0 Å². The number of aromatic carboxylic acids is 1. The van der Waals surface area contributed by atoms with Crippen molar-refractivity contribution in [2.75, 3.05) is 12.3 Å². The molecule has 0 aliphatic heterocycles. The Morgan fingerprint density at radius 3 is 2.65 bits per heavy atom. The van der Waals surface area contributed by atoms with E-state index < -0.39 is 16.0 Å². The Balaban J connectivity index is 3.28. The quantitative estimate of drug-likeness (QED) is 0.672. The molecule has 0 spiro atoms. The van der Waals surface area contributed by atoms with Gasteiger partial charge in [-0.3, -0.25) is 0 Å². The summed E-state index contributed by atoms with van der Waals surface area (Å²) in [5, 5.41) is 8.91. The Bertz CT molecular complexity index is 525. The molecule has 0 aliphatic carbocycles. The maximum Gasteiger partial charge on any atom is 0.337 e. The highest BCUT2D eigenvalue weighted by Gasteiger charge is 2.21. The van der Waals surface area contributed by atoms with Gasteiger partial charge in [-0.15, -0.1) is 0 Å². The Labute approximate surface area is 99.5 Å². The minimum absolute atomic E-state index is 0.201. The number of nitrogens with one attached hydrogen (secondary N) is 1. The Morgan fingerprint density at radius 2 is 2.12 bits per heavy atom. The van der Waals surface area contributed by atoms with E-state index >= 15 is 0 Å². The number of carboxylic acid groups (broad SMARTS) is 1. The van der Waals surface area contributed by atoms with Gasteiger partial charge in [-0.2, -0.15) is 0 Å².